The van der Waals surface area contributed by atoms with Crippen LogP contribution in [0, 0.1) is 17.8 Å². The molecule has 0 aliphatic carbocycles. The minimum Gasteiger partial charge on any atom is -0.481 e. The van der Waals surface area contributed by atoms with E-state index in [1.807, 2.05) is 5.32 Å². The molecule has 33 heteroatoms. The number of hydrogen-bond acceptors (Lipinski definition) is 19. The second-order valence-corrected chi connectivity index (χ2v) is 20.3. The fourth-order valence-electron chi connectivity index (χ4n) is 7.81. The Hall–Kier alpha value is -7.88. The molecule has 83 heavy (non-hydrogen) atoms. The predicted molar refractivity (Wildman–Crippen MR) is 290 cm³/mol. The van der Waals surface area contributed by atoms with Gasteiger partial charge in [-0.1, -0.05) is 48.0 Å². The van der Waals surface area contributed by atoms with E-state index < -0.39 is 188 Å². The highest BCUT2D eigenvalue weighted by molar-refractivity contribution is 5.99. The lowest BCUT2D eigenvalue weighted by molar-refractivity contribution is -0.145. The van der Waals surface area contributed by atoms with E-state index in [4.69, 9.17) is 11.5 Å². The largest absolute Gasteiger partial charge is 0.481 e. The summed E-state index contributed by atoms with van der Waals surface area (Å²) in [5.41, 5.74) is 11.7. The molecule has 33 nitrogen and oxygen atoms in total. The molecule has 1 heterocycles. The van der Waals surface area contributed by atoms with E-state index in [9.17, 15) is 93.0 Å². The Morgan fingerprint density at radius 1 is 0.506 bits per heavy atom. The third-order valence-electron chi connectivity index (χ3n) is 12.7. The molecule has 10 amide bonds. The van der Waals surface area contributed by atoms with Gasteiger partial charge in [0.05, 0.1) is 32.6 Å². The number of aromatic amines is 1. The van der Waals surface area contributed by atoms with E-state index in [0.717, 1.165) is 0 Å². The number of carbonyl (C=O) groups excluding carboxylic acids is 10. The van der Waals surface area contributed by atoms with Crippen molar-refractivity contribution in [2.24, 2.45) is 29.2 Å². The smallest absolute Gasteiger partial charge is 0.326 e. The lowest BCUT2D eigenvalue weighted by Crippen LogP contribution is -2.62. The number of aromatic nitrogens is 2. The van der Waals surface area contributed by atoms with Gasteiger partial charge in [-0.25, -0.2) is 9.78 Å². The molecule has 1 aromatic rings. The van der Waals surface area contributed by atoms with Gasteiger partial charge < -0.3 is 100 Å². The van der Waals surface area contributed by atoms with E-state index in [1.54, 1.807) is 20.8 Å². The number of carboxylic acid groups (broad SMARTS) is 3. The van der Waals surface area contributed by atoms with E-state index >= 15 is 0 Å². The van der Waals surface area contributed by atoms with Crippen LogP contribution in [0.4, 0.5) is 0 Å². The average molecular weight is 1190 g/mol. The number of rotatable bonds is 41. The highest BCUT2D eigenvalue weighted by Gasteiger charge is 2.37. The van der Waals surface area contributed by atoms with Crippen molar-refractivity contribution < 1.29 is 93.0 Å². The number of nitrogens with two attached hydrogens (primary N) is 2. The average Bonchev–Trinajstić information content (AvgIpc) is 3.94. The van der Waals surface area contributed by atoms with E-state index in [2.05, 4.69) is 57.8 Å². The van der Waals surface area contributed by atoms with Crippen LogP contribution in [0.25, 0.3) is 0 Å². The van der Waals surface area contributed by atoms with Gasteiger partial charge in [0.2, 0.25) is 59.1 Å². The van der Waals surface area contributed by atoms with Crippen molar-refractivity contribution >= 4 is 77.0 Å². The topological polar surface area (TPSA) is 544 Å². The third-order valence-corrected chi connectivity index (χ3v) is 12.7. The number of carbonyl (C=O) groups is 13. The van der Waals surface area contributed by atoms with Gasteiger partial charge in [-0.05, 0) is 56.4 Å². The quantitative estimate of drug-likeness (QED) is 0.0271. The van der Waals surface area contributed by atoms with Gasteiger partial charge >= 0.3 is 17.9 Å². The molecule has 0 unspecified atom stereocenters. The summed E-state index contributed by atoms with van der Waals surface area (Å²) < 4.78 is 0. The van der Waals surface area contributed by atoms with Crippen molar-refractivity contribution in [3.8, 4) is 0 Å². The number of hydrogen-bond donors (Lipinski definition) is 19. The van der Waals surface area contributed by atoms with Gasteiger partial charge in [0.25, 0.3) is 0 Å². The maximum Gasteiger partial charge on any atom is 0.326 e. The van der Waals surface area contributed by atoms with Gasteiger partial charge in [0, 0.05) is 37.7 Å². The van der Waals surface area contributed by atoms with Crippen LogP contribution >= 0.6 is 0 Å². The zero-order valence-corrected chi connectivity index (χ0v) is 47.4. The number of aliphatic carboxylic acids is 3. The molecule has 1 rings (SSSR count). The lowest BCUT2D eigenvalue weighted by atomic mass is 9.97. The number of imidazole rings is 1. The maximum atomic E-state index is 14.0. The number of unbranched alkanes of at least 4 members (excludes halogenated alkanes) is 1. The summed E-state index contributed by atoms with van der Waals surface area (Å²) in [7, 11) is 0. The number of amides is 10. The Labute approximate surface area is 478 Å². The van der Waals surface area contributed by atoms with Crippen molar-refractivity contribution in [1.29, 1.82) is 0 Å². The molecule has 0 aliphatic heterocycles. The molecule has 0 spiro atoms. The van der Waals surface area contributed by atoms with Gasteiger partial charge in [-0.2, -0.15) is 0 Å². The van der Waals surface area contributed by atoms with Crippen LogP contribution in [0.3, 0.4) is 0 Å². The van der Waals surface area contributed by atoms with Crippen LogP contribution in [0.1, 0.15) is 105 Å². The lowest BCUT2D eigenvalue weighted by Gasteiger charge is -2.29. The first-order valence-electron chi connectivity index (χ1n) is 27.0. The number of nitrogens with one attached hydrogen (secondary N) is 11. The molecule has 21 N–H and O–H groups in total. The number of nitrogens with zero attached hydrogens (tertiary/aromatic N) is 1. The van der Waals surface area contributed by atoms with Crippen LogP contribution in [0.15, 0.2) is 12.5 Å². The van der Waals surface area contributed by atoms with Gasteiger partial charge in [0.15, 0.2) is 0 Å². The predicted octanol–water partition coefficient (Wildman–Crippen LogP) is -6.57. The van der Waals surface area contributed by atoms with E-state index in [1.165, 1.54) is 33.3 Å². The van der Waals surface area contributed by atoms with Crippen LogP contribution < -0.4 is 64.6 Å². The normalized spacial score (nSPS) is 15.1. The summed E-state index contributed by atoms with van der Waals surface area (Å²) in [5, 5.41) is 82.1. The molecular weight excluding hydrogens is 1100 g/mol. The standard InChI is InChI=1S/C50H84N14O19/c1-7-26(6)40(49(81)57-29(11-12-37(69)70)42(74)60-33(20-65)46(78)59-32(18-38(71)72)45(77)63-39(25(4)5)50(82)83)64-48(80)35(22-67)62-47(79)34(21-66)61-43(75)30(16-24(2)3)58-41(73)28(10-8-9-14-51)56-44(76)31(55-36(68)13-15-52)17-27-19-53-23-54-27/h19,23-26,28-35,39-40,65-67H,7-18,20-22,51-52H2,1-6H3,(H,53,54)(H,55,68)(H,56,76)(H,57,81)(H,58,73)(H,59,78)(H,60,74)(H,61,75)(H,62,79)(H,63,77)(H,64,80)(H,69,70)(H,71,72)(H,82,83)/t26-,28-,29-,30-,31-,32-,33-,34-,35-,39-,40-/m0/s1. The van der Waals surface area contributed by atoms with Crippen LogP contribution in [-0.2, 0) is 68.7 Å². The van der Waals surface area contributed by atoms with Crippen LogP contribution in [0.5, 0.6) is 0 Å². The molecule has 0 saturated heterocycles. The number of aliphatic hydroxyl groups excluding tert-OH is 3. The molecule has 468 valence electrons. The minimum atomic E-state index is -1.98. The number of aliphatic hydroxyl groups is 3. The zero-order valence-electron chi connectivity index (χ0n) is 47.4. The van der Waals surface area contributed by atoms with Crippen molar-refractivity contribution in [3.63, 3.8) is 0 Å². The molecule has 0 bridgehead atoms. The summed E-state index contributed by atoms with van der Waals surface area (Å²) in [6.07, 6.45) is 1.10. The minimum absolute atomic E-state index is 0.00617. The first kappa shape index (κ1) is 73.1. The Kier molecular flexibility index (Phi) is 33.5. The zero-order chi connectivity index (χ0) is 63.1. The van der Waals surface area contributed by atoms with Gasteiger partial charge in [-0.3, -0.25) is 57.5 Å². The second-order valence-electron chi connectivity index (χ2n) is 20.3. The first-order valence-corrected chi connectivity index (χ1v) is 27.0. The molecule has 0 saturated carbocycles. The molecule has 0 radical (unpaired) electrons. The number of carboxylic acids is 3. The Morgan fingerprint density at radius 2 is 0.952 bits per heavy atom. The highest BCUT2D eigenvalue weighted by atomic mass is 16.4. The summed E-state index contributed by atoms with van der Waals surface area (Å²) in [6.45, 7) is 6.19. The third kappa shape index (κ3) is 26.7. The molecule has 0 aliphatic rings. The van der Waals surface area contributed by atoms with E-state index in [0.29, 0.717) is 18.5 Å². The summed E-state index contributed by atoms with van der Waals surface area (Å²) in [6, 6.07) is -16.5. The fraction of sp³-hybridized carbons (Fsp3) is 0.680. The fourth-order valence-corrected chi connectivity index (χ4v) is 7.81. The van der Waals surface area contributed by atoms with Gasteiger partial charge in [0.1, 0.15) is 60.4 Å². The SMILES string of the molecule is CC[C@H](C)[C@H](NC(=O)[C@H](CO)NC(=O)[C@H](CO)NC(=O)[C@H](CC(C)C)NC(=O)[C@H](CCCCN)NC(=O)[C@H](Cc1cnc[nH]1)NC(=O)CCN)C(=O)N[C@@H](CCC(=O)O)C(=O)N[C@@H](CO)C(=O)N[C@@H](CC(=O)O)C(=O)N[C@H](C(=O)O)C(C)C. The van der Waals surface area contributed by atoms with Crippen LogP contribution in [0.2, 0.25) is 0 Å². The molecule has 1 aromatic heterocycles. The van der Waals surface area contributed by atoms with E-state index in [-0.39, 0.29) is 51.1 Å². The molecule has 0 aromatic carbocycles. The van der Waals surface area contributed by atoms with Crippen molar-refractivity contribution in [3.05, 3.63) is 18.2 Å². The van der Waals surface area contributed by atoms with Crippen molar-refractivity contribution in [2.75, 3.05) is 32.9 Å². The van der Waals surface area contributed by atoms with Crippen LogP contribution in [-0.4, -0.2) is 211 Å². The highest BCUT2D eigenvalue weighted by Crippen LogP contribution is 2.13. The first-order chi connectivity index (χ1) is 39.1. The molecule has 0 fully saturated rings. The van der Waals surface area contributed by atoms with Gasteiger partial charge in [-0.15, -0.1) is 0 Å². The Balaban J connectivity index is 3.35. The summed E-state index contributed by atoms with van der Waals surface area (Å²) >= 11 is 0. The van der Waals surface area contributed by atoms with Crippen molar-refractivity contribution in [2.45, 2.75) is 166 Å². The second kappa shape index (κ2) is 38.0. The van der Waals surface area contributed by atoms with Crippen molar-refractivity contribution in [1.82, 2.24) is 63.1 Å². The summed E-state index contributed by atoms with van der Waals surface area (Å²) in [4.78, 5) is 177. The summed E-state index contributed by atoms with van der Waals surface area (Å²) in [5.74, 6) is -16.9. The number of H-pyrrole nitrogens is 1. The monoisotopic (exact) mass is 1180 g/mol. The Bertz CT molecular complexity index is 2340. The maximum absolute atomic E-state index is 14.0. The Morgan fingerprint density at radius 3 is 1.40 bits per heavy atom. The molecular formula is C50H84N14O19. The molecule has 11 atom stereocenters.